The van der Waals surface area contributed by atoms with Crippen LogP contribution in [0.25, 0.3) is 0 Å². The molecule has 0 aliphatic heterocycles. The number of nitrogens with two attached hydrogens (primary N) is 1. The van der Waals surface area contributed by atoms with Crippen molar-refractivity contribution in [1.29, 1.82) is 0 Å². The van der Waals surface area contributed by atoms with Crippen LogP contribution in [0, 0.1) is 0 Å². The topological polar surface area (TPSA) is 131 Å². The Kier molecular flexibility index (Phi) is 8.24. The van der Waals surface area contributed by atoms with Crippen molar-refractivity contribution in [3.63, 3.8) is 0 Å². The highest BCUT2D eigenvalue weighted by Crippen LogP contribution is 2.35. The molecule has 4 N–H and O–H groups in total. The summed E-state index contributed by atoms with van der Waals surface area (Å²) in [5.41, 5.74) is 5.21. The zero-order chi connectivity index (χ0) is 24.1. The molecule has 2 atom stereocenters. The normalized spacial score (nSPS) is 15.4. The number of carbonyl (C=O) groups is 4. The van der Waals surface area contributed by atoms with E-state index in [2.05, 4.69) is 10.6 Å². The van der Waals surface area contributed by atoms with Crippen LogP contribution in [-0.4, -0.2) is 52.4 Å². The van der Waals surface area contributed by atoms with Crippen LogP contribution in [0.4, 0.5) is 4.79 Å². The van der Waals surface area contributed by atoms with Gasteiger partial charge in [-0.1, -0.05) is 30.3 Å². The molecule has 9 nitrogen and oxygen atoms in total. The number of rotatable bonds is 9. The van der Waals surface area contributed by atoms with Crippen molar-refractivity contribution in [1.82, 2.24) is 15.5 Å². The molecule has 1 aliphatic rings. The molecule has 1 saturated carbocycles. The van der Waals surface area contributed by atoms with Crippen molar-refractivity contribution in [2.45, 2.75) is 83.6 Å². The van der Waals surface area contributed by atoms with Crippen LogP contribution in [0.5, 0.6) is 0 Å². The predicted octanol–water partition coefficient (Wildman–Crippen LogP) is 2.01. The van der Waals surface area contributed by atoms with Gasteiger partial charge in [0.15, 0.2) is 0 Å². The number of nitrogens with zero attached hydrogens (tertiary/aromatic N) is 1. The summed E-state index contributed by atoms with van der Waals surface area (Å²) in [5.74, 6) is -1.63. The molecule has 0 aromatic heterocycles. The fourth-order valence-corrected chi connectivity index (χ4v) is 3.34. The molecule has 1 aromatic carbocycles. The Balaban J connectivity index is 2.39. The summed E-state index contributed by atoms with van der Waals surface area (Å²) in [6, 6.07) is 6.49. The molecule has 1 aliphatic carbocycles. The van der Waals surface area contributed by atoms with E-state index in [9.17, 15) is 19.2 Å². The molecule has 0 spiro atoms. The fraction of sp³-hybridized carbons (Fsp3) is 0.565. The smallest absolute Gasteiger partial charge is 0.408 e. The lowest BCUT2D eigenvalue weighted by Crippen LogP contribution is -2.55. The van der Waals surface area contributed by atoms with Gasteiger partial charge in [-0.05, 0) is 53.0 Å². The zero-order valence-corrected chi connectivity index (χ0v) is 19.4. The van der Waals surface area contributed by atoms with E-state index in [-0.39, 0.29) is 18.0 Å². The molecule has 4 amide bonds. The van der Waals surface area contributed by atoms with Gasteiger partial charge < -0.3 is 26.0 Å². The maximum Gasteiger partial charge on any atom is 0.408 e. The van der Waals surface area contributed by atoms with E-state index in [1.165, 1.54) is 4.90 Å². The van der Waals surface area contributed by atoms with E-state index < -0.39 is 42.0 Å². The first-order valence-electron chi connectivity index (χ1n) is 10.8. The third kappa shape index (κ3) is 7.55. The Morgan fingerprint density at radius 3 is 2.16 bits per heavy atom. The van der Waals surface area contributed by atoms with Gasteiger partial charge in [0, 0.05) is 12.1 Å². The van der Waals surface area contributed by atoms with Crippen LogP contribution in [0.2, 0.25) is 0 Å². The molecule has 1 fully saturated rings. The molecule has 0 bridgehead atoms. The lowest BCUT2D eigenvalue weighted by Gasteiger charge is -2.34. The van der Waals surface area contributed by atoms with Crippen molar-refractivity contribution >= 4 is 23.8 Å². The summed E-state index contributed by atoms with van der Waals surface area (Å²) in [7, 11) is 0. The number of alkyl carbamates (subject to hydrolysis) is 1. The quantitative estimate of drug-likeness (QED) is 0.534. The van der Waals surface area contributed by atoms with E-state index >= 15 is 0 Å². The highest BCUT2D eigenvalue weighted by atomic mass is 16.6. The summed E-state index contributed by atoms with van der Waals surface area (Å²) >= 11 is 0. The molecule has 9 heteroatoms. The largest absolute Gasteiger partial charge is 0.444 e. The van der Waals surface area contributed by atoms with Crippen molar-refractivity contribution in [2.75, 3.05) is 0 Å². The molecule has 1 aromatic rings. The van der Waals surface area contributed by atoms with Gasteiger partial charge in [-0.25, -0.2) is 4.79 Å². The molecule has 32 heavy (non-hydrogen) atoms. The minimum absolute atomic E-state index is 0.133. The molecule has 176 valence electrons. The predicted molar refractivity (Wildman–Crippen MR) is 119 cm³/mol. The number of benzene rings is 1. The molecular weight excluding hydrogens is 412 g/mol. The van der Waals surface area contributed by atoms with E-state index in [0.717, 1.165) is 12.8 Å². The minimum atomic E-state index is -1.25. The summed E-state index contributed by atoms with van der Waals surface area (Å²) in [5, 5.41) is 5.34. The van der Waals surface area contributed by atoms with Crippen LogP contribution >= 0.6 is 0 Å². The number of nitrogens with one attached hydrogen (secondary N) is 2. The van der Waals surface area contributed by atoms with Gasteiger partial charge in [-0.2, -0.15) is 0 Å². The summed E-state index contributed by atoms with van der Waals surface area (Å²) < 4.78 is 5.25. The van der Waals surface area contributed by atoms with E-state index in [4.69, 9.17) is 10.5 Å². The molecule has 0 saturated heterocycles. The first-order valence-corrected chi connectivity index (χ1v) is 10.8. The van der Waals surface area contributed by atoms with Gasteiger partial charge in [-0.3, -0.25) is 14.4 Å². The number of hydrogen-bond donors (Lipinski definition) is 3. The van der Waals surface area contributed by atoms with Gasteiger partial charge in [0.1, 0.15) is 17.7 Å². The number of amides is 4. The standard InChI is InChI=1S/C23H34N4O5/c1-14(2)25-20(29)19(15-9-7-6-8-10-15)27(16-11-12-16)21(30)17(13-18(24)28)26-22(31)32-23(3,4)5/h6-10,14,16-17,19H,11-13H2,1-5H3,(H2,24,28)(H,25,29)(H,26,31). The second kappa shape index (κ2) is 10.5. The van der Waals surface area contributed by atoms with Gasteiger partial charge in [0.25, 0.3) is 0 Å². The molecule has 2 unspecified atom stereocenters. The fourth-order valence-electron chi connectivity index (χ4n) is 3.34. The Hall–Kier alpha value is -3.10. The molecular formula is C23H34N4O5. The van der Waals surface area contributed by atoms with Crippen molar-refractivity contribution in [2.24, 2.45) is 5.73 Å². The Bertz CT molecular complexity index is 831. The van der Waals surface area contributed by atoms with E-state index in [1.807, 2.05) is 19.9 Å². The third-order valence-electron chi connectivity index (χ3n) is 4.66. The van der Waals surface area contributed by atoms with Crippen LogP contribution in [0.15, 0.2) is 30.3 Å². The first-order chi connectivity index (χ1) is 14.9. The SMILES string of the molecule is CC(C)NC(=O)C(c1ccccc1)N(C(=O)C(CC(N)=O)NC(=O)OC(C)(C)C)C1CC1. The second-order valence-corrected chi connectivity index (χ2v) is 9.32. The first kappa shape index (κ1) is 25.2. The molecule has 2 rings (SSSR count). The molecule has 0 radical (unpaired) electrons. The minimum Gasteiger partial charge on any atom is -0.444 e. The average Bonchev–Trinajstić information content (AvgIpc) is 3.48. The van der Waals surface area contributed by atoms with Crippen LogP contribution in [0.3, 0.4) is 0 Å². The number of hydrogen-bond acceptors (Lipinski definition) is 5. The second-order valence-electron chi connectivity index (χ2n) is 9.32. The number of carbonyl (C=O) groups excluding carboxylic acids is 4. The highest BCUT2D eigenvalue weighted by Gasteiger charge is 2.44. The van der Waals surface area contributed by atoms with E-state index in [1.54, 1.807) is 45.0 Å². The van der Waals surface area contributed by atoms with Crippen molar-refractivity contribution < 1.29 is 23.9 Å². The lowest BCUT2D eigenvalue weighted by molar-refractivity contribution is -0.144. The van der Waals surface area contributed by atoms with Crippen LogP contribution in [-0.2, 0) is 19.1 Å². The average molecular weight is 447 g/mol. The summed E-state index contributed by atoms with van der Waals surface area (Å²) in [6.07, 6.45) is 0.199. The Morgan fingerprint density at radius 2 is 1.69 bits per heavy atom. The summed E-state index contributed by atoms with van der Waals surface area (Å²) in [6.45, 7) is 8.74. The maximum atomic E-state index is 13.6. The van der Waals surface area contributed by atoms with Gasteiger partial charge >= 0.3 is 6.09 Å². The number of primary amides is 1. The zero-order valence-electron chi connectivity index (χ0n) is 19.4. The third-order valence-corrected chi connectivity index (χ3v) is 4.66. The monoisotopic (exact) mass is 446 g/mol. The van der Waals surface area contributed by atoms with Gasteiger partial charge in [-0.15, -0.1) is 0 Å². The summed E-state index contributed by atoms with van der Waals surface area (Å²) in [4.78, 5) is 52.3. The van der Waals surface area contributed by atoms with Crippen LogP contribution < -0.4 is 16.4 Å². The molecule has 0 heterocycles. The van der Waals surface area contributed by atoms with Crippen molar-refractivity contribution in [3.05, 3.63) is 35.9 Å². The van der Waals surface area contributed by atoms with Crippen molar-refractivity contribution in [3.8, 4) is 0 Å². The van der Waals surface area contributed by atoms with Gasteiger partial charge in [0.2, 0.25) is 17.7 Å². The highest BCUT2D eigenvalue weighted by molar-refractivity contribution is 5.95. The Labute approximate surface area is 189 Å². The van der Waals surface area contributed by atoms with E-state index in [0.29, 0.717) is 5.56 Å². The number of ether oxygens (including phenoxy) is 1. The Morgan fingerprint density at radius 1 is 1.09 bits per heavy atom. The van der Waals surface area contributed by atoms with Gasteiger partial charge in [0.05, 0.1) is 6.42 Å². The van der Waals surface area contributed by atoms with Crippen LogP contribution in [0.1, 0.15) is 65.5 Å². The maximum absolute atomic E-state index is 13.6. The lowest BCUT2D eigenvalue weighted by atomic mass is 10.0.